The van der Waals surface area contributed by atoms with Crippen LogP contribution in [0.1, 0.15) is 80.5 Å². The Hall–Kier alpha value is -5.45. The van der Waals surface area contributed by atoms with Crippen molar-refractivity contribution >= 4 is 44.7 Å². The zero-order valence-electron chi connectivity index (χ0n) is 31.5. The van der Waals surface area contributed by atoms with E-state index in [0.29, 0.717) is 61.0 Å². The van der Waals surface area contributed by atoms with Gasteiger partial charge in [0.05, 0.1) is 22.8 Å². The molecule has 3 fully saturated rings. The fraction of sp³-hybridized carbons (Fsp3) is 0.475. The van der Waals surface area contributed by atoms with Gasteiger partial charge in [-0.2, -0.15) is 0 Å². The highest BCUT2D eigenvalue weighted by Gasteiger charge is 2.47. The zero-order chi connectivity index (χ0) is 40.3. The van der Waals surface area contributed by atoms with Gasteiger partial charge in [0.1, 0.15) is 35.8 Å². The van der Waals surface area contributed by atoms with Gasteiger partial charge in [-0.1, -0.05) is 66.9 Å². The van der Waals surface area contributed by atoms with E-state index in [1.807, 2.05) is 54.6 Å². The Morgan fingerprint density at radius 2 is 1.68 bits per heavy atom. The maximum Gasteiger partial charge on any atom is 0.274 e. The van der Waals surface area contributed by atoms with Crippen LogP contribution in [0.3, 0.4) is 0 Å². The van der Waals surface area contributed by atoms with Gasteiger partial charge in [-0.15, -0.1) is 0 Å². The van der Waals surface area contributed by atoms with Crippen molar-refractivity contribution in [3.05, 3.63) is 72.1 Å². The lowest BCUT2D eigenvalue weighted by Gasteiger charge is -2.27. The third-order valence-electron chi connectivity index (χ3n) is 10.7. The molecule has 1 aliphatic heterocycles. The van der Waals surface area contributed by atoms with Crippen molar-refractivity contribution in [1.82, 2.24) is 30.1 Å². The molecular weight excluding hydrogens is 758 g/mol. The normalized spacial score (nSPS) is 21.5. The molecule has 2 aliphatic carbocycles. The van der Waals surface area contributed by atoms with Crippen LogP contribution in [-0.4, -0.2) is 88.2 Å². The number of nitrogens with two attached hydrogens (primary N) is 1. The van der Waals surface area contributed by atoms with Gasteiger partial charge >= 0.3 is 0 Å². The first kappa shape index (κ1) is 39.8. The van der Waals surface area contributed by atoms with E-state index in [4.69, 9.17) is 25.0 Å². The number of halogens is 1. The van der Waals surface area contributed by atoms with Gasteiger partial charge in [0.25, 0.3) is 5.91 Å². The highest BCUT2D eigenvalue weighted by molar-refractivity contribution is 7.90. The third-order valence-corrected chi connectivity index (χ3v) is 12.6. The van der Waals surface area contributed by atoms with Gasteiger partial charge in [-0.05, 0) is 63.5 Å². The van der Waals surface area contributed by atoms with Crippen molar-refractivity contribution < 1.29 is 41.2 Å². The SMILES string of the molecule is Cc1cc(C(=O)NC(CCCCCC(F)CC2CC2C(=O)NS(=O)(=O)C2CC2)C(=O)N2CC(Oc3nc4ccccc4nc3-c3ccccc3)CC2C(N)=O)no1. The van der Waals surface area contributed by atoms with Crippen LogP contribution in [0, 0.1) is 18.8 Å². The number of fused-ring (bicyclic) bond motifs is 1. The lowest BCUT2D eigenvalue weighted by molar-refractivity contribution is -0.139. The monoisotopic (exact) mass is 803 g/mol. The summed E-state index contributed by atoms with van der Waals surface area (Å²) in [5.41, 5.74) is 8.37. The predicted octanol–water partition coefficient (Wildman–Crippen LogP) is 4.15. The Balaban J connectivity index is 0.978. The zero-order valence-corrected chi connectivity index (χ0v) is 32.3. The molecule has 4 amide bonds. The molecule has 2 aromatic carbocycles. The number of benzene rings is 2. The topological polar surface area (TPSA) is 217 Å². The Bertz CT molecular complexity index is 2230. The molecule has 17 heteroatoms. The largest absolute Gasteiger partial charge is 0.471 e. The summed E-state index contributed by atoms with van der Waals surface area (Å²) in [5, 5.41) is 6.02. The highest BCUT2D eigenvalue weighted by atomic mass is 32.2. The van der Waals surface area contributed by atoms with Gasteiger partial charge < -0.3 is 25.2 Å². The number of rotatable bonds is 18. The van der Waals surface area contributed by atoms with Crippen LogP contribution >= 0.6 is 0 Å². The molecule has 7 rings (SSSR count). The van der Waals surface area contributed by atoms with Crippen molar-refractivity contribution in [2.45, 2.75) is 101 Å². The van der Waals surface area contributed by atoms with Crippen LogP contribution < -0.4 is 20.5 Å². The summed E-state index contributed by atoms with van der Waals surface area (Å²) in [6.07, 6.45) is 1.82. The summed E-state index contributed by atoms with van der Waals surface area (Å²) < 4.78 is 52.8. The number of hydrogen-bond donors (Lipinski definition) is 3. The molecule has 4 N–H and O–H groups in total. The highest BCUT2D eigenvalue weighted by Crippen LogP contribution is 2.44. The Morgan fingerprint density at radius 1 is 0.982 bits per heavy atom. The van der Waals surface area contributed by atoms with E-state index >= 15 is 0 Å². The summed E-state index contributed by atoms with van der Waals surface area (Å²) in [7, 11) is -3.63. The minimum absolute atomic E-state index is 0.0131. The van der Waals surface area contributed by atoms with Crippen LogP contribution in [0.15, 0.2) is 65.2 Å². The van der Waals surface area contributed by atoms with E-state index < -0.39 is 69.2 Å². The van der Waals surface area contributed by atoms with Crippen molar-refractivity contribution in [3.8, 4) is 17.1 Å². The number of nitrogens with zero attached hydrogens (tertiary/aromatic N) is 4. The molecule has 4 aromatic rings. The van der Waals surface area contributed by atoms with Gasteiger partial charge in [-0.25, -0.2) is 22.8 Å². The fourth-order valence-electron chi connectivity index (χ4n) is 7.41. The van der Waals surface area contributed by atoms with E-state index in [0.717, 1.165) is 5.56 Å². The number of para-hydroxylation sites is 2. The number of aromatic nitrogens is 3. The lowest BCUT2D eigenvalue weighted by Crippen LogP contribution is -2.53. The summed E-state index contributed by atoms with van der Waals surface area (Å²) in [6.45, 7) is 1.62. The van der Waals surface area contributed by atoms with Crippen LogP contribution in [-0.2, 0) is 24.4 Å². The molecule has 6 unspecified atom stereocenters. The molecule has 15 nitrogen and oxygen atoms in total. The second-order valence-electron chi connectivity index (χ2n) is 15.2. The van der Waals surface area contributed by atoms with E-state index in [2.05, 4.69) is 15.2 Å². The molecule has 302 valence electrons. The van der Waals surface area contributed by atoms with Gasteiger partial charge in [0.15, 0.2) is 5.69 Å². The number of carbonyl (C=O) groups is 4. The molecule has 3 aliphatic rings. The predicted molar refractivity (Wildman–Crippen MR) is 205 cm³/mol. The number of ether oxygens (including phenoxy) is 1. The van der Waals surface area contributed by atoms with Gasteiger partial charge in [0, 0.05) is 24.0 Å². The molecule has 57 heavy (non-hydrogen) atoms. The molecule has 1 saturated heterocycles. The summed E-state index contributed by atoms with van der Waals surface area (Å²) >= 11 is 0. The second-order valence-corrected chi connectivity index (χ2v) is 17.2. The number of unbranched alkanes of at least 4 members (excludes halogenated alkanes) is 2. The number of alkyl halides is 1. The molecular formula is C40H46FN7O8S. The Kier molecular flexibility index (Phi) is 11.8. The number of carbonyl (C=O) groups excluding carboxylic acids is 4. The molecule has 0 bridgehead atoms. The van der Waals surface area contributed by atoms with Crippen LogP contribution in [0.25, 0.3) is 22.3 Å². The van der Waals surface area contributed by atoms with Crippen molar-refractivity contribution in [3.63, 3.8) is 0 Å². The van der Waals surface area contributed by atoms with E-state index in [1.165, 1.54) is 11.0 Å². The van der Waals surface area contributed by atoms with Crippen molar-refractivity contribution in [1.29, 1.82) is 0 Å². The van der Waals surface area contributed by atoms with Crippen LogP contribution in [0.5, 0.6) is 5.88 Å². The minimum Gasteiger partial charge on any atom is -0.471 e. The average molecular weight is 804 g/mol. The first-order chi connectivity index (χ1) is 27.4. The molecule has 3 heterocycles. The number of aryl methyl sites for hydroxylation is 1. The van der Waals surface area contributed by atoms with Gasteiger partial charge in [-0.3, -0.25) is 23.9 Å². The number of hydrogen-bond acceptors (Lipinski definition) is 11. The smallest absolute Gasteiger partial charge is 0.274 e. The van der Waals surface area contributed by atoms with Gasteiger partial charge in [0.2, 0.25) is 33.6 Å². The number of likely N-dealkylation sites (tertiary alicyclic amines) is 1. The molecule has 0 radical (unpaired) electrons. The number of nitrogens with one attached hydrogen (secondary N) is 2. The van der Waals surface area contributed by atoms with E-state index in [9.17, 15) is 32.0 Å². The maximum absolute atomic E-state index is 14.9. The van der Waals surface area contributed by atoms with E-state index in [-0.39, 0.29) is 49.7 Å². The Labute approximate surface area is 329 Å². The van der Waals surface area contributed by atoms with Crippen molar-refractivity contribution in [2.24, 2.45) is 17.6 Å². The standard InChI is InChI=1S/C40H46FN7O8S/c1-23-18-33(46-56-23)38(51)44-32(15-7-3-6-12-26(41)19-25-20-29(25)37(50)47-57(53,54)28-16-17-28)40(52)48-22-27(21-34(48)36(42)49)55-39-35(24-10-4-2-5-11-24)43-30-13-8-9-14-31(30)45-39/h2,4-5,8-11,13-14,18,25-29,32,34H,3,6-7,12,15-17,19-22H2,1H3,(H2,42,49)(H,44,51)(H,47,50). The average Bonchev–Trinajstić information content (AvgIpc) is 4.10. The molecule has 2 aromatic heterocycles. The summed E-state index contributed by atoms with van der Waals surface area (Å²) in [4.78, 5) is 63.5. The number of primary amides is 1. The molecule has 0 spiro atoms. The maximum atomic E-state index is 14.9. The van der Waals surface area contributed by atoms with Crippen LogP contribution in [0.4, 0.5) is 4.39 Å². The summed E-state index contributed by atoms with van der Waals surface area (Å²) in [5.74, 6) is -2.49. The lowest BCUT2D eigenvalue weighted by atomic mass is 10.0. The fourth-order valence-corrected chi connectivity index (χ4v) is 8.77. The first-order valence-electron chi connectivity index (χ1n) is 19.4. The third kappa shape index (κ3) is 9.75. The number of amides is 4. The molecule has 2 saturated carbocycles. The van der Waals surface area contributed by atoms with Crippen molar-refractivity contribution in [2.75, 3.05) is 6.54 Å². The first-order valence-corrected chi connectivity index (χ1v) is 20.9. The quantitative estimate of drug-likeness (QED) is 0.121. The minimum atomic E-state index is -3.63. The van der Waals surface area contributed by atoms with Crippen LogP contribution in [0.2, 0.25) is 0 Å². The Morgan fingerprint density at radius 3 is 2.37 bits per heavy atom. The molecule has 6 atom stereocenters. The second kappa shape index (κ2) is 17.0. The van der Waals surface area contributed by atoms with E-state index in [1.54, 1.807) is 6.92 Å². The number of sulfonamides is 1. The summed E-state index contributed by atoms with van der Waals surface area (Å²) in [6, 6.07) is 16.1.